The number of amides is 2. The number of aromatic nitrogens is 2. The number of piperidine rings is 1. The molecule has 34 heavy (non-hydrogen) atoms. The maximum atomic E-state index is 13.5. The third kappa shape index (κ3) is 4.67. The van der Waals surface area contributed by atoms with E-state index in [0.717, 1.165) is 37.2 Å². The molecule has 1 atom stereocenters. The number of hydrogen-bond donors (Lipinski definition) is 2. The number of carbonyl (C=O) groups excluding carboxylic acids is 2. The molecule has 2 amide bonds. The van der Waals surface area contributed by atoms with Gasteiger partial charge in [-0.1, -0.05) is 13.8 Å². The lowest BCUT2D eigenvalue weighted by atomic mass is 9.96. The molecule has 0 saturated carbocycles. The van der Waals surface area contributed by atoms with Gasteiger partial charge in [-0.3, -0.25) is 14.5 Å². The summed E-state index contributed by atoms with van der Waals surface area (Å²) in [5, 5.41) is 2.85. The highest BCUT2D eigenvalue weighted by Crippen LogP contribution is 2.40. The van der Waals surface area contributed by atoms with Crippen LogP contribution in [0.1, 0.15) is 38.8 Å². The van der Waals surface area contributed by atoms with Crippen LogP contribution in [0.4, 0.5) is 11.4 Å². The summed E-state index contributed by atoms with van der Waals surface area (Å²) in [4.78, 5) is 36.8. The zero-order valence-corrected chi connectivity index (χ0v) is 20.5. The molecule has 0 spiro atoms. The molecule has 10 nitrogen and oxygen atoms in total. The largest absolute Gasteiger partial charge is 0.358 e. The number of sulfonamides is 1. The summed E-state index contributed by atoms with van der Waals surface area (Å²) in [6.07, 6.45) is 6.51. The Morgan fingerprint density at radius 2 is 2.03 bits per heavy atom. The molecule has 1 saturated heterocycles. The lowest BCUT2D eigenvalue weighted by Gasteiger charge is -2.45. The molecule has 2 N–H and O–H groups in total. The van der Waals surface area contributed by atoms with Crippen LogP contribution in [0, 0.1) is 0 Å². The zero-order chi connectivity index (χ0) is 24.3. The molecular weight excluding hydrogens is 456 g/mol. The third-order valence-corrected chi connectivity index (χ3v) is 8.56. The second-order valence-electron chi connectivity index (χ2n) is 8.55. The van der Waals surface area contributed by atoms with Crippen molar-refractivity contribution in [2.24, 2.45) is 0 Å². The summed E-state index contributed by atoms with van der Waals surface area (Å²) in [6, 6.07) is 4.60. The highest BCUT2D eigenvalue weighted by atomic mass is 32.2. The minimum atomic E-state index is -3.71. The average molecular weight is 489 g/mol. The molecule has 2 aliphatic heterocycles. The fourth-order valence-electron chi connectivity index (χ4n) is 4.73. The Bertz CT molecular complexity index is 1130. The summed E-state index contributed by atoms with van der Waals surface area (Å²) < 4.78 is 27.7. The molecule has 1 unspecified atom stereocenters. The van der Waals surface area contributed by atoms with Gasteiger partial charge in [0.15, 0.2) is 0 Å². The number of fused-ring (bicyclic) bond motifs is 3. The number of carbonyl (C=O) groups is 2. The maximum absolute atomic E-state index is 13.5. The van der Waals surface area contributed by atoms with Crippen molar-refractivity contribution in [2.75, 3.05) is 42.5 Å². The molecule has 1 aromatic heterocycles. The van der Waals surface area contributed by atoms with Crippen molar-refractivity contribution in [3.05, 3.63) is 36.4 Å². The molecule has 2 aromatic rings. The first-order valence-electron chi connectivity index (χ1n) is 11.8. The van der Waals surface area contributed by atoms with Gasteiger partial charge in [0.05, 0.1) is 22.6 Å². The standard InChI is InChI=1S/C23H32N6O4S/c1-3-27(4-2)34(32,33)18-8-9-19-21(13-18)29(23(31)20-7-5-6-12-28(19)20)15-22(30)25-11-10-17-14-24-16-26-17/h8-9,13-14,16,20H,3-7,10-12,15H2,1-2H3,(H,24,26)(H,25,30). The van der Waals surface area contributed by atoms with Crippen LogP contribution in [0.25, 0.3) is 0 Å². The second-order valence-corrected chi connectivity index (χ2v) is 10.5. The van der Waals surface area contributed by atoms with E-state index in [2.05, 4.69) is 20.2 Å². The minimum absolute atomic E-state index is 0.128. The Balaban J connectivity index is 1.62. The van der Waals surface area contributed by atoms with Crippen molar-refractivity contribution in [3.63, 3.8) is 0 Å². The van der Waals surface area contributed by atoms with Gasteiger partial charge in [-0.05, 0) is 37.5 Å². The van der Waals surface area contributed by atoms with Crippen LogP contribution >= 0.6 is 0 Å². The number of rotatable bonds is 9. The lowest BCUT2D eigenvalue weighted by molar-refractivity contribution is -0.124. The number of anilines is 2. The van der Waals surface area contributed by atoms with Gasteiger partial charge in [0.2, 0.25) is 21.8 Å². The van der Waals surface area contributed by atoms with Crippen LogP contribution in [0.2, 0.25) is 0 Å². The highest BCUT2D eigenvalue weighted by molar-refractivity contribution is 7.89. The van der Waals surface area contributed by atoms with Gasteiger partial charge in [0.25, 0.3) is 0 Å². The Hall–Kier alpha value is -2.92. The molecule has 1 aromatic carbocycles. The number of benzene rings is 1. The Morgan fingerprint density at radius 1 is 1.24 bits per heavy atom. The van der Waals surface area contributed by atoms with Crippen molar-refractivity contribution < 1.29 is 18.0 Å². The summed E-state index contributed by atoms with van der Waals surface area (Å²) >= 11 is 0. The van der Waals surface area contributed by atoms with Gasteiger partial charge < -0.3 is 15.2 Å². The van der Waals surface area contributed by atoms with Gasteiger partial charge in [-0.15, -0.1) is 0 Å². The molecule has 2 aliphatic rings. The highest BCUT2D eigenvalue weighted by Gasteiger charge is 2.40. The predicted molar refractivity (Wildman–Crippen MR) is 129 cm³/mol. The smallest absolute Gasteiger partial charge is 0.250 e. The summed E-state index contributed by atoms with van der Waals surface area (Å²) in [7, 11) is -3.71. The monoisotopic (exact) mass is 488 g/mol. The number of hydrogen-bond acceptors (Lipinski definition) is 6. The minimum Gasteiger partial charge on any atom is -0.358 e. The topological polar surface area (TPSA) is 119 Å². The number of aromatic amines is 1. The van der Waals surface area contributed by atoms with E-state index in [1.54, 1.807) is 44.6 Å². The molecule has 0 radical (unpaired) electrons. The number of nitrogens with zero attached hydrogens (tertiary/aromatic N) is 4. The van der Waals surface area contributed by atoms with Crippen molar-refractivity contribution in [1.82, 2.24) is 19.6 Å². The quantitative estimate of drug-likeness (QED) is 0.552. The molecule has 4 rings (SSSR count). The first-order chi connectivity index (χ1) is 16.4. The fraction of sp³-hybridized carbons (Fsp3) is 0.522. The molecule has 0 bridgehead atoms. The predicted octanol–water partition coefficient (Wildman–Crippen LogP) is 1.50. The van der Waals surface area contributed by atoms with Gasteiger partial charge in [-0.25, -0.2) is 13.4 Å². The van der Waals surface area contributed by atoms with Crippen molar-refractivity contribution in [3.8, 4) is 0 Å². The zero-order valence-electron chi connectivity index (χ0n) is 19.7. The Morgan fingerprint density at radius 3 is 2.74 bits per heavy atom. The van der Waals surface area contributed by atoms with E-state index in [1.807, 2.05) is 0 Å². The van der Waals surface area contributed by atoms with E-state index >= 15 is 0 Å². The van der Waals surface area contributed by atoms with Crippen molar-refractivity contribution in [2.45, 2.75) is 50.5 Å². The summed E-state index contributed by atoms with van der Waals surface area (Å²) in [5.41, 5.74) is 2.18. The third-order valence-electron chi connectivity index (χ3n) is 6.52. The van der Waals surface area contributed by atoms with Crippen LogP contribution in [0.3, 0.4) is 0 Å². The van der Waals surface area contributed by atoms with E-state index < -0.39 is 10.0 Å². The van der Waals surface area contributed by atoms with Crippen LogP contribution in [-0.4, -0.2) is 73.3 Å². The SMILES string of the molecule is CCN(CC)S(=O)(=O)c1ccc2c(c1)N(CC(=O)NCCc1cnc[nH]1)C(=O)C1CCCCN21. The van der Waals surface area contributed by atoms with Gasteiger partial charge in [0.1, 0.15) is 12.6 Å². The van der Waals surface area contributed by atoms with Gasteiger partial charge >= 0.3 is 0 Å². The van der Waals surface area contributed by atoms with Crippen LogP contribution in [-0.2, 0) is 26.0 Å². The van der Waals surface area contributed by atoms with Crippen LogP contribution < -0.4 is 15.1 Å². The van der Waals surface area contributed by atoms with E-state index in [4.69, 9.17) is 0 Å². The van der Waals surface area contributed by atoms with Crippen molar-refractivity contribution in [1.29, 1.82) is 0 Å². The molecular formula is C23H32N6O4S. The molecule has 184 valence electrons. The Labute approximate surface area is 200 Å². The second kappa shape index (κ2) is 10.1. The first-order valence-corrected chi connectivity index (χ1v) is 13.3. The fourth-order valence-corrected chi connectivity index (χ4v) is 6.21. The normalized spacial score (nSPS) is 18.1. The van der Waals surface area contributed by atoms with E-state index in [-0.39, 0.29) is 29.3 Å². The Kier molecular flexibility index (Phi) is 7.22. The number of imidazole rings is 1. The van der Waals surface area contributed by atoms with E-state index in [1.165, 1.54) is 9.21 Å². The first kappa shape index (κ1) is 24.2. The molecule has 1 fully saturated rings. The van der Waals surface area contributed by atoms with Crippen LogP contribution in [0.5, 0.6) is 0 Å². The van der Waals surface area contributed by atoms with E-state index in [9.17, 15) is 18.0 Å². The maximum Gasteiger partial charge on any atom is 0.250 e. The molecule has 0 aliphatic carbocycles. The lowest BCUT2D eigenvalue weighted by Crippen LogP contribution is -2.57. The number of H-pyrrole nitrogens is 1. The summed E-state index contributed by atoms with van der Waals surface area (Å²) in [5.74, 6) is -0.451. The molecule has 3 heterocycles. The number of nitrogens with one attached hydrogen (secondary N) is 2. The molecule has 11 heteroatoms. The van der Waals surface area contributed by atoms with Gasteiger partial charge in [-0.2, -0.15) is 4.31 Å². The van der Waals surface area contributed by atoms with E-state index in [0.29, 0.717) is 31.7 Å². The average Bonchev–Trinajstić information content (AvgIpc) is 3.35. The van der Waals surface area contributed by atoms with Crippen molar-refractivity contribution >= 4 is 33.2 Å². The van der Waals surface area contributed by atoms with Gasteiger partial charge in [0, 0.05) is 44.5 Å². The van der Waals surface area contributed by atoms with Crippen LogP contribution in [0.15, 0.2) is 35.6 Å². The summed E-state index contributed by atoms with van der Waals surface area (Å²) in [6.45, 7) is 5.27.